The SMILES string of the molecule is CC(C)(C)S.Cc1cc(O)c(C(N)C2CCN(C(=O)c3c[nH]c(=O)c(Cl)c3)CC2)c(F)c1Cl. The van der Waals surface area contributed by atoms with Gasteiger partial charge in [-0.2, -0.15) is 12.6 Å². The van der Waals surface area contributed by atoms with Gasteiger partial charge in [0.2, 0.25) is 0 Å². The number of aromatic hydroxyl groups is 1. The fourth-order valence-corrected chi connectivity index (χ4v) is 3.85. The Morgan fingerprint density at radius 3 is 2.36 bits per heavy atom. The van der Waals surface area contributed by atoms with Crippen LogP contribution in [0.2, 0.25) is 10.0 Å². The summed E-state index contributed by atoms with van der Waals surface area (Å²) in [5.74, 6) is -1.29. The van der Waals surface area contributed by atoms with E-state index in [2.05, 4.69) is 38.4 Å². The number of phenols is 1. The zero-order valence-corrected chi connectivity index (χ0v) is 21.5. The monoisotopic (exact) mass is 517 g/mol. The van der Waals surface area contributed by atoms with Gasteiger partial charge < -0.3 is 20.7 Å². The van der Waals surface area contributed by atoms with Crippen LogP contribution < -0.4 is 11.3 Å². The second-order valence-corrected chi connectivity index (χ2v) is 11.3. The number of halogens is 3. The summed E-state index contributed by atoms with van der Waals surface area (Å²) in [6.45, 7) is 8.59. The fourth-order valence-electron chi connectivity index (χ4n) is 3.53. The van der Waals surface area contributed by atoms with Gasteiger partial charge >= 0.3 is 0 Å². The van der Waals surface area contributed by atoms with Gasteiger partial charge in [-0.25, -0.2) is 4.39 Å². The van der Waals surface area contributed by atoms with E-state index in [1.165, 1.54) is 18.3 Å². The molecule has 33 heavy (non-hydrogen) atoms. The number of aryl methyl sites for hydroxylation is 1. The second-order valence-electron chi connectivity index (χ2n) is 9.15. The predicted octanol–water partition coefficient (Wildman–Crippen LogP) is 5.10. The summed E-state index contributed by atoms with van der Waals surface area (Å²) in [5.41, 5.74) is 6.52. The summed E-state index contributed by atoms with van der Waals surface area (Å²) in [4.78, 5) is 28.0. The maximum Gasteiger partial charge on any atom is 0.266 e. The highest BCUT2D eigenvalue weighted by molar-refractivity contribution is 7.81. The molecule has 10 heteroatoms. The summed E-state index contributed by atoms with van der Waals surface area (Å²) < 4.78 is 14.7. The summed E-state index contributed by atoms with van der Waals surface area (Å²) in [6, 6.07) is 2.00. The fraction of sp³-hybridized carbons (Fsp3) is 0.478. The predicted molar refractivity (Wildman–Crippen MR) is 134 cm³/mol. The molecule has 1 fully saturated rings. The Balaban J connectivity index is 0.000000696. The molecule has 2 heterocycles. The largest absolute Gasteiger partial charge is 0.507 e. The molecule has 1 aromatic heterocycles. The molecule has 6 nitrogen and oxygen atoms in total. The first-order valence-corrected chi connectivity index (χ1v) is 11.7. The van der Waals surface area contributed by atoms with Crippen molar-refractivity contribution in [3.8, 4) is 5.75 Å². The van der Waals surface area contributed by atoms with E-state index in [1.54, 1.807) is 11.8 Å². The van der Waals surface area contributed by atoms with E-state index in [0.29, 0.717) is 37.1 Å². The maximum atomic E-state index is 14.5. The molecule has 1 atom stereocenters. The topological polar surface area (TPSA) is 99.4 Å². The molecule has 1 amide bonds. The highest BCUT2D eigenvalue weighted by Gasteiger charge is 2.31. The zero-order valence-electron chi connectivity index (χ0n) is 19.1. The van der Waals surface area contributed by atoms with E-state index >= 15 is 0 Å². The average Bonchev–Trinajstić information content (AvgIpc) is 2.72. The molecule has 0 bridgehead atoms. The first-order valence-electron chi connectivity index (χ1n) is 10.5. The van der Waals surface area contributed by atoms with Gasteiger partial charge in [-0.1, -0.05) is 44.0 Å². The first-order chi connectivity index (χ1) is 15.2. The number of benzene rings is 1. The van der Waals surface area contributed by atoms with Crippen LogP contribution in [0.4, 0.5) is 4.39 Å². The molecule has 0 saturated carbocycles. The van der Waals surface area contributed by atoms with Gasteiger partial charge in [0.25, 0.3) is 11.5 Å². The van der Waals surface area contributed by atoms with Crippen LogP contribution in [-0.2, 0) is 0 Å². The van der Waals surface area contributed by atoms with E-state index < -0.39 is 17.4 Å². The van der Waals surface area contributed by atoms with Crippen molar-refractivity contribution in [2.75, 3.05) is 13.1 Å². The quantitative estimate of drug-likeness (QED) is 0.425. The number of thiol groups is 1. The van der Waals surface area contributed by atoms with Gasteiger partial charge in [-0.05, 0) is 43.4 Å². The number of carbonyl (C=O) groups excluding carboxylic acids is 1. The van der Waals surface area contributed by atoms with Gasteiger partial charge in [-0.3, -0.25) is 9.59 Å². The van der Waals surface area contributed by atoms with Gasteiger partial charge in [0.15, 0.2) is 5.82 Å². The van der Waals surface area contributed by atoms with Crippen molar-refractivity contribution in [2.45, 2.75) is 51.3 Å². The number of hydrogen-bond donors (Lipinski definition) is 4. The molecular weight excluding hydrogens is 488 g/mol. The molecule has 1 aliphatic rings. The van der Waals surface area contributed by atoms with E-state index in [9.17, 15) is 19.1 Å². The van der Waals surface area contributed by atoms with E-state index in [1.807, 2.05) is 0 Å². The van der Waals surface area contributed by atoms with Crippen molar-refractivity contribution in [3.05, 3.63) is 61.2 Å². The molecule has 0 spiro atoms. The third kappa shape index (κ3) is 7.37. The molecule has 4 N–H and O–H groups in total. The third-order valence-corrected chi connectivity index (χ3v) is 5.92. The van der Waals surface area contributed by atoms with Crippen LogP contribution in [0.5, 0.6) is 5.75 Å². The summed E-state index contributed by atoms with van der Waals surface area (Å²) in [7, 11) is 0. The Hall–Kier alpha value is -1.74. The Morgan fingerprint density at radius 1 is 1.30 bits per heavy atom. The molecule has 1 saturated heterocycles. The summed E-state index contributed by atoms with van der Waals surface area (Å²) >= 11 is 15.9. The van der Waals surface area contributed by atoms with Crippen molar-refractivity contribution < 1.29 is 14.3 Å². The van der Waals surface area contributed by atoms with Crippen molar-refractivity contribution in [1.82, 2.24) is 9.88 Å². The molecule has 1 aliphatic heterocycles. The van der Waals surface area contributed by atoms with E-state index in [-0.39, 0.29) is 37.9 Å². The number of nitrogens with zero attached hydrogens (tertiary/aromatic N) is 1. The number of likely N-dealkylation sites (tertiary alicyclic amines) is 1. The Bertz CT molecular complexity index is 1060. The Labute approximate surface area is 208 Å². The number of aromatic amines is 1. The lowest BCUT2D eigenvalue weighted by atomic mass is 9.85. The first kappa shape index (κ1) is 27.5. The Kier molecular flexibility index (Phi) is 9.27. The molecule has 0 aliphatic carbocycles. The molecular formula is C23H30Cl2FN3O3S. The highest BCUT2D eigenvalue weighted by atomic mass is 35.5. The number of pyridine rings is 1. The number of piperidine rings is 1. The summed E-state index contributed by atoms with van der Waals surface area (Å²) in [5, 5.41) is 10.0. The highest BCUT2D eigenvalue weighted by Crippen LogP contribution is 2.38. The maximum absolute atomic E-state index is 14.5. The van der Waals surface area contributed by atoms with Crippen LogP contribution in [0.1, 0.15) is 61.1 Å². The van der Waals surface area contributed by atoms with Crippen molar-refractivity contribution in [2.24, 2.45) is 11.7 Å². The lowest BCUT2D eigenvalue weighted by Gasteiger charge is -2.35. The summed E-state index contributed by atoms with van der Waals surface area (Å²) in [6.07, 6.45) is 2.40. The molecule has 182 valence electrons. The van der Waals surface area contributed by atoms with Crippen LogP contribution in [0.25, 0.3) is 0 Å². The van der Waals surface area contributed by atoms with Gasteiger partial charge in [0.05, 0.1) is 10.6 Å². The lowest BCUT2D eigenvalue weighted by Crippen LogP contribution is -2.41. The second kappa shape index (κ2) is 11.1. The Morgan fingerprint density at radius 2 is 1.85 bits per heavy atom. The smallest absolute Gasteiger partial charge is 0.266 e. The van der Waals surface area contributed by atoms with Crippen molar-refractivity contribution in [3.63, 3.8) is 0 Å². The van der Waals surface area contributed by atoms with E-state index in [0.717, 1.165) is 0 Å². The third-order valence-electron chi connectivity index (χ3n) is 5.18. The average molecular weight is 518 g/mol. The number of hydrogen-bond acceptors (Lipinski definition) is 5. The normalized spacial score (nSPS) is 15.6. The molecule has 2 aromatic rings. The van der Waals surface area contributed by atoms with Gasteiger partial charge in [0.1, 0.15) is 10.8 Å². The molecule has 1 unspecified atom stereocenters. The minimum Gasteiger partial charge on any atom is -0.507 e. The van der Waals surface area contributed by atoms with Crippen molar-refractivity contribution >= 4 is 41.7 Å². The number of rotatable bonds is 3. The van der Waals surface area contributed by atoms with Crippen LogP contribution in [0, 0.1) is 18.7 Å². The van der Waals surface area contributed by atoms with Crippen LogP contribution in [-0.4, -0.2) is 38.7 Å². The standard InChI is InChI=1S/C19H20Cl2FN3O3.C4H10S/c1-9-6-13(26)14(16(22)15(9)21)17(23)10-2-4-25(5-3-10)19(28)11-7-12(20)18(27)24-8-11;1-4(2,3)5/h6-8,10,17,26H,2-5,23H2,1H3,(H,24,27);5H,1-3H3. The van der Waals surface area contributed by atoms with Crippen molar-refractivity contribution in [1.29, 1.82) is 0 Å². The molecule has 3 rings (SSSR count). The van der Waals surface area contributed by atoms with Crippen LogP contribution in [0.3, 0.4) is 0 Å². The zero-order chi connectivity index (χ0) is 25.1. The van der Waals surface area contributed by atoms with Gasteiger partial charge in [-0.15, -0.1) is 0 Å². The minimum atomic E-state index is -0.738. The number of carbonyl (C=O) groups is 1. The van der Waals surface area contributed by atoms with Gasteiger partial charge in [0, 0.05) is 35.6 Å². The molecule has 1 aromatic carbocycles. The minimum absolute atomic E-state index is 0.00722. The lowest BCUT2D eigenvalue weighted by molar-refractivity contribution is 0.0676. The number of phenolic OH excluding ortho intramolecular Hbond substituents is 1. The molecule has 0 radical (unpaired) electrons. The number of H-pyrrole nitrogens is 1. The number of aromatic nitrogens is 1. The van der Waals surface area contributed by atoms with Crippen LogP contribution in [0.15, 0.2) is 23.1 Å². The number of nitrogens with two attached hydrogens (primary N) is 1. The van der Waals surface area contributed by atoms with E-state index in [4.69, 9.17) is 28.9 Å². The number of amides is 1. The number of nitrogens with one attached hydrogen (secondary N) is 1. The van der Waals surface area contributed by atoms with Crippen LogP contribution >= 0.6 is 35.8 Å².